The van der Waals surface area contributed by atoms with Crippen molar-refractivity contribution in [2.75, 3.05) is 39.6 Å². The van der Waals surface area contributed by atoms with Crippen LogP contribution in [-0.4, -0.2) is 51.6 Å². The lowest BCUT2D eigenvalue weighted by Crippen LogP contribution is -2.16. The zero-order chi connectivity index (χ0) is 18.2. The summed E-state index contributed by atoms with van der Waals surface area (Å²) in [5.74, 6) is 0.351. The van der Waals surface area contributed by atoms with Crippen LogP contribution in [0.1, 0.15) is 53.4 Å². The number of hydrogen-bond acceptors (Lipinski definition) is 6. The maximum absolute atomic E-state index is 11.4. The zero-order valence-electron chi connectivity index (χ0n) is 15.7. The van der Waals surface area contributed by atoms with Crippen molar-refractivity contribution in [1.82, 2.24) is 0 Å². The van der Waals surface area contributed by atoms with Crippen LogP contribution >= 0.6 is 0 Å². The van der Waals surface area contributed by atoms with E-state index in [-0.39, 0.29) is 25.2 Å². The van der Waals surface area contributed by atoms with Crippen molar-refractivity contribution in [1.29, 1.82) is 0 Å². The Bertz CT molecular complexity index is 299. The number of carbonyl (C=O) groups excluding carboxylic acids is 2. The Hall–Kier alpha value is -1.14. The molecule has 24 heavy (non-hydrogen) atoms. The largest absolute Gasteiger partial charge is 0.463 e. The van der Waals surface area contributed by atoms with E-state index in [0.29, 0.717) is 51.1 Å². The van der Waals surface area contributed by atoms with Gasteiger partial charge in [-0.1, -0.05) is 40.5 Å². The summed E-state index contributed by atoms with van der Waals surface area (Å²) < 4.78 is 20.7. The summed E-state index contributed by atoms with van der Waals surface area (Å²) >= 11 is 0. The molecule has 0 radical (unpaired) electrons. The Morgan fingerprint density at radius 2 is 1.00 bits per heavy atom. The second-order valence-corrected chi connectivity index (χ2v) is 6.10. The molecule has 142 valence electrons. The molecule has 0 saturated heterocycles. The summed E-state index contributed by atoms with van der Waals surface area (Å²) in [5.41, 5.74) is 0. The molecule has 0 bridgehead atoms. The molecule has 0 heterocycles. The van der Waals surface area contributed by atoms with E-state index in [1.807, 2.05) is 27.7 Å². The number of ether oxygens (including phenoxy) is 4. The van der Waals surface area contributed by atoms with Crippen LogP contribution in [0.4, 0.5) is 0 Å². The molecule has 0 N–H and O–H groups in total. The van der Waals surface area contributed by atoms with Crippen molar-refractivity contribution in [2.24, 2.45) is 11.8 Å². The Balaban J connectivity index is 3.31. The molecule has 2 atom stereocenters. The van der Waals surface area contributed by atoms with Gasteiger partial charge in [-0.3, -0.25) is 9.59 Å². The first-order valence-electron chi connectivity index (χ1n) is 8.96. The third-order valence-corrected chi connectivity index (χ3v) is 3.78. The summed E-state index contributed by atoms with van der Waals surface area (Å²) in [6.07, 6.45) is 2.84. The van der Waals surface area contributed by atoms with Crippen LogP contribution in [0.3, 0.4) is 0 Å². The van der Waals surface area contributed by atoms with E-state index in [0.717, 1.165) is 12.8 Å². The highest BCUT2D eigenvalue weighted by Gasteiger charge is 2.08. The van der Waals surface area contributed by atoms with Crippen LogP contribution in [0.2, 0.25) is 0 Å². The zero-order valence-corrected chi connectivity index (χ0v) is 15.7. The summed E-state index contributed by atoms with van der Waals surface area (Å²) in [6, 6.07) is 0. The molecule has 0 saturated carbocycles. The molecule has 0 aromatic heterocycles. The van der Waals surface area contributed by atoms with Gasteiger partial charge in [0.1, 0.15) is 13.2 Å². The van der Waals surface area contributed by atoms with Crippen LogP contribution in [0, 0.1) is 11.8 Å². The molecular formula is C18H34O6. The van der Waals surface area contributed by atoms with Crippen LogP contribution in [0.5, 0.6) is 0 Å². The van der Waals surface area contributed by atoms with E-state index >= 15 is 0 Å². The number of carbonyl (C=O) groups is 2. The van der Waals surface area contributed by atoms with Gasteiger partial charge in [0.15, 0.2) is 0 Å². The molecule has 0 aliphatic heterocycles. The average Bonchev–Trinajstić information content (AvgIpc) is 2.56. The first-order chi connectivity index (χ1) is 11.5. The van der Waals surface area contributed by atoms with Crippen LogP contribution < -0.4 is 0 Å². The highest BCUT2D eigenvalue weighted by molar-refractivity contribution is 5.69. The minimum absolute atomic E-state index is 0.177. The first-order valence-corrected chi connectivity index (χ1v) is 8.96. The van der Waals surface area contributed by atoms with Crippen molar-refractivity contribution in [3.05, 3.63) is 0 Å². The quantitative estimate of drug-likeness (QED) is 0.335. The molecule has 0 fully saturated rings. The second kappa shape index (κ2) is 15.4. The average molecular weight is 346 g/mol. The topological polar surface area (TPSA) is 71.1 Å². The number of rotatable bonds is 15. The van der Waals surface area contributed by atoms with Gasteiger partial charge in [0, 0.05) is 12.8 Å². The number of hydrogen-bond donors (Lipinski definition) is 0. The summed E-state index contributed by atoms with van der Waals surface area (Å²) in [6.45, 7) is 10.2. The SMILES string of the molecule is CCC(C)CC(=O)OCCOCCOCCOC(=O)CC(C)CC. The molecule has 0 aromatic rings. The molecular weight excluding hydrogens is 312 g/mol. The lowest BCUT2D eigenvalue weighted by atomic mass is 10.1. The molecule has 0 spiro atoms. The third kappa shape index (κ3) is 14.5. The standard InChI is InChI=1S/C18H34O6/c1-5-15(3)13-17(19)23-11-9-21-7-8-22-10-12-24-18(20)14-16(4)6-2/h15-16H,5-14H2,1-4H3. The second-order valence-electron chi connectivity index (χ2n) is 6.10. The van der Waals surface area contributed by atoms with Crippen LogP contribution in [0.15, 0.2) is 0 Å². The van der Waals surface area contributed by atoms with E-state index in [9.17, 15) is 9.59 Å². The lowest BCUT2D eigenvalue weighted by Gasteiger charge is -2.10. The van der Waals surface area contributed by atoms with Gasteiger partial charge in [0.05, 0.1) is 26.4 Å². The molecule has 0 amide bonds. The van der Waals surface area contributed by atoms with E-state index in [1.165, 1.54) is 0 Å². The Labute approximate surface area is 146 Å². The predicted octanol–water partition coefficient (Wildman–Crippen LogP) is 2.98. The van der Waals surface area contributed by atoms with Crippen molar-refractivity contribution < 1.29 is 28.5 Å². The van der Waals surface area contributed by atoms with Crippen molar-refractivity contribution in [2.45, 2.75) is 53.4 Å². The minimum Gasteiger partial charge on any atom is -0.463 e. The van der Waals surface area contributed by atoms with Gasteiger partial charge in [0.2, 0.25) is 0 Å². The molecule has 6 nitrogen and oxygen atoms in total. The fourth-order valence-electron chi connectivity index (χ4n) is 1.73. The Morgan fingerprint density at radius 1 is 0.667 bits per heavy atom. The van der Waals surface area contributed by atoms with Gasteiger partial charge in [0.25, 0.3) is 0 Å². The van der Waals surface area contributed by atoms with Crippen molar-refractivity contribution in [3.8, 4) is 0 Å². The fourth-order valence-corrected chi connectivity index (χ4v) is 1.73. The smallest absolute Gasteiger partial charge is 0.306 e. The van der Waals surface area contributed by atoms with E-state index in [1.54, 1.807) is 0 Å². The van der Waals surface area contributed by atoms with Gasteiger partial charge >= 0.3 is 11.9 Å². The normalized spacial score (nSPS) is 13.3. The van der Waals surface area contributed by atoms with Gasteiger partial charge in [-0.2, -0.15) is 0 Å². The van der Waals surface area contributed by atoms with Crippen LogP contribution in [0.25, 0.3) is 0 Å². The Kier molecular flexibility index (Phi) is 14.7. The predicted molar refractivity (Wildman–Crippen MR) is 91.7 cm³/mol. The molecule has 0 aliphatic rings. The fraction of sp³-hybridized carbons (Fsp3) is 0.889. The van der Waals surface area contributed by atoms with Gasteiger partial charge in [-0.25, -0.2) is 0 Å². The van der Waals surface area contributed by atoms with Crippen molar-refractivity contribution in [3.63, 3.8) is 0 Å². The first kappa shape index (κ1) is 22.9. The maximum atomic E-state index is 11.4. The molecule has 0 rings (SSSR count). The highest BCUT2D eigenvalue weighted by Crippen LogP contribution is 2.07. The van der Waals surface area contributed by atoms with Gasteiger partial charge < -0.3 is 18.9 Å². The summed E-state index contributed by atoms with van der Waals surface area (Å²) in [5, 5.41) is 0. The maximum Gasteiger partial charge on any atom is 0.306 e. The van der Waals surface area contributed by atoms with E-state index < -0.39 is 0 Å². The number of esters is 2. The van der Waals surface area contributed by atoms with E-state index in [4.69, 9.17) is 18.9 Å². The minimum atomic E-state index is -0.177. The van der Waals surface area contributed by atoms with Gasteiger partial charge in [-0.05, 0) is 11.8 Å². The Morgan fingerprint density at radius 3 is 1.33 bits per heavy atom. The molecule has 6 heteroatoms. The van der Waals surface area contributed by atoms with Gasteiger partial charge in [-0.15, -0.1) is 0 Å². The monoisotopic (exact) mass is 346 g/mol. The van der Waals surface area contributed by atoms with Crippen LogP contribution in [-0.2, 0) is 28.5 Å². The molecule has 0 aliphatic carbocycles. The summed E-state index contributed by atoms with van der Waals surface area (Å²) in [4.78, 5) is 22.8. The summed E-state index contributed by atoms with van der Waals surface area (Å²) in [7, 11) is 0. The highest BCUT2D eigenvalue weighted by atomic mass is 16.6. The third-order valence-electron chi connectivity index (χ3n) is 3.78. The lowest BCUT2D eigenvalue weighted by molar-refractivity contribution is -0.148. The van der Waals surface area contributed by atoms with Crippen molar-refractivity contribution >= 4 is 11.9 Å². The van der Waals surface area contributed by atoms with E-state index in [2.05, 4.69) is 0 Å². The molecule has 0 aromatic carbocycles. The molecule has 2 unspecified atom stereocenters.